The zero-order valence-electron chi connectivity index (χ0n) is 12.5. The third-order valence-corrected chi connectivity index (χ3v) is 4.64. The monoisotopic (exact) mass is 286 g/mol. The number of ether oxygens (including phenoxy) is 2. The van der Waals surface area contributed by atoms with Crippen LogP contribution in [0.4, 0.5) is 5.69 Å². The second kappa shape index (κ2) is 6.05. The molecular formula is C17H22N2O2. The van der Waals surface area contributed by atoms with Crippen LogP contribution in [0.25, 0.3) is 0 Å². The Morgan fingerprint density at radius 1 is 1.29 bits per heavy atom. The summed E-state index contributed by atoms with van der Waals surface area (Å²) in [6, 6.07) is 8.66. The predicted octanol–water partition coefficient (Wildman–Crippen LogP) is 3.01. The van der Waals surface area contributed by atoms with Crippen LogP contribution in [0, 0.1) is 18.3 Å². The first-order valence-corrected chi connectivity index (χ1v) is 7.70. The van der Waals surface area contributed by atoms with Crippen molar-refractivity contribution < 1.29 is 9.47 Å². The van der Waals surface area contributed by atoms with Crippen molar-refractivity contribution >= 4 is 5.69 Å². The van der Waals surface area contributed by atoms with Crippen molar-refractivity contribution in [2.75, 3.05) is 25.1 Å². The first-order chi connectivity index (χ1) is 10.2. The summed E-state index contributed by atoms with van der Waals surface area (Å²) in [4.78, 5) is 0. The molecule has 1 N–H and O–H groups in total. The molecule has 2 saturated heterocycles. The summed E-state index contributed by atoms with van der Waals surface area (Å²) >= 11 is 0. The van der Waals surface area contributed by atoms with Crippen molar-refractivity contribution in [3.63, 3.8) is 0 Å². The van der Waals surface area contributed by atoms with Crippen LogP contribution in [0.5, 0.6) is 0 Å². The highest BCUT2D eigenvalue weighted by Crippen LogP contribution is 2.35. The highest BCUT2D eigenvalue weighted by molar-refractivity contribution is 5.61. The fourth-order valence-electron chi connectivity index (χ4n) is 3.40. The highest BCUT2D eigenvalue weighted by atomic mass is 16.5. The van der Waals surface area contributed by atoms with Crippen LogP contribution in [0.3, 0.4) is 0 Å². The van der Waals surface area contributed by atoms with Crippen molar-refractivity contribution in [2.45, 2.75) is 44.2 Å². The van der Waals surface area contributed by atoms with Gasteiger partial charge < -0.3 is 14.8 Å². The van der Waals surface area contributed by atoms with E-state index in [1.54, 1.807) is 0 Å². The maximum atomic E-state index is 9.34. The molecule has 1 unspecified atom stereocenters. The lowest BCUT2D eigenvalue weighted by Crippen LogP contribution is -2.47. The molecule has 21 heavy (non-hydrogen) atoms. The molecule has 0 saturated carbocycles. The smallest absolute Gasteiger partial charge is 0.102 e. The molecular weight excluding hydrogens is 264 g/mol. The molecule has 2 fully saturated rings. The summed E-state index contributed by atoms with van der Waals surface area (Å²) in [6.45, 7) is 4.35. The van der Waals surface area contributed by atoms with Crippen molar-refractivity contribution in [3.05, 3.63) is 29.3 Å². The molecule has 0 amide bonds. The van der Waals surface area contributed by atoms with Gasteiger partial charge in [0.1, 0.15) is 6.07 Å². The largest absolute Gasteiger partial charge is 0.381 e. The number of benzene rings is 1. The van der Waals surface area contributed by atoms with E-state index in [-0.39, 0.29) is 5.60 Å². The fraction of sp³-hybridized carbons (Fsp3) is 0.588. The van der Waals surface area contributed by atoms with Crippen LogP contribution in [0.1, 0.15) is 36.8 Å². The third-order valence-electron chi connectivity index (χ3n) is 4.64. The SMILES string of the molecule is Cc1cccc(NC2CCOC3(CCOCC3)C2)c1C#N. The zero-order valence-corrected chi connectivity index (χ0v) is 12.5. The number of rotatable bonds is 2. The number of nitriles is 1. The van der Waals surface area contributed by atoms with E-state index in [9.17, 15) is 5.26 Å². The number of nitrogens with one attached hydrogen (secondary N) is 1. The second-order valence-electron chi connectivity index (χ2n) is 6.09. The standard InChI is InChI=1S/C17H22N2O2/c1-13-3-2-4-16(15(13)12-18)19-14-5-8-21-17(11-14)6-9-20-10-7-17/h2-4,14,19H,5-11H2,1H3. The molecule has 2 heterocycles. The quantitative estimate of drug-likeness (QED) is 0.908. The van der Waals surface area contributed by atoms with E-state index in [2.05, 4.69) is 11.4 Å². The first kappa shape index (κ1) is 14.4. The van der Waals surface area contributed by atoms with Crippen LogP contribution in [0.2, 0.25) is 0 Å². The van der Waals surface area contributed by atoms with Gasteiger partial charge in [0.25, 0.3) is 0 Å². The summed E-state index contributed by atoms with van der Waals surface area (Å²) in [6.07, 6.45) is 3.94. The summed E-state index contributed by atoms with van der Waals surface area (Å²) in [5.41, 5.74) is 2.71. The van der Waals surface area contributed by atoms with Crippen molar-refractivity contribution in [1.29, 1.82) is 5.26 Å². The van der Waals surface area contributed by atoms with Gasteiger partial charge in [-0.25, -0.2) is 0 Å². The van der Waals surface area contributed by atoms with Gasteiger partial charge in [-0.15, -0.1) is 0 Å². The van der Waals surface area contributed by atoms with Crippen molar-refractivity contribution in [2.24, 2.45) is 0 Å². The fourth-order valence-corrected chi connectivity index (χ4v) is 3.40. The van der Waals surface area contributed by atoms with Gasteiger partial charge >= 0.3 is 0 Å². The number of hydrogen-bond donors (Lipinski definition) is 1. The minimum atomic E-state index is -0.0230. The average molecular weight is 286 g/mol. The van der Waals surface area contributed by atoms with Gasteiger partial charge in [-0.05, 0) is 44.2 Å². The Morgan fingerprint density at radius 3 is 2.86 bits per heavy atom. The molecule has 3 rings (SSSR count). The van der Waals surface area contributed by atoms with E-state index in [4.69, 9.17) is 9.47 Å². The Balaban J connectivity index is 1.73. The number of nitrogens with zero attached hydrogens (tertiary/aromatic N) is 1. The topological polar surface area (TPSA) is 54.3 Å². The molecule has 1 atom stereocenters. The Kier molecular flexibility index (Phi) is 4.14. The first-order valence-electron chi connectivity index (χ1n) is 7.70. The maximum absolute atomic E-state index is 9.34. The lowest BCUT2D eigenvalue weighted by Gasteiger charge is -2.43. The zero-order chi connectivity index (χ0) is 14.7. The van der Waals surface area contributed by atoms with Gasteiger partial charge in [0.2, 0.25) is 0 Å². The lowest BCUT2D eigenvalue weighted by atomic mass is 9.84. The summed E-state index contributed by atoms with van der Waals surface area (Å²) in [7, 11) is 0. The van der Waals surface area contributed by atoms with E-state index in [1.807, 2.05) is 25.1 Å². The van der Waals surface area contributed by atoms with E-state index in [0.717, 1.165) is 62.3 Å². The van der Waals surface area contributed by atoms with Gasteiger partial charge in [-0.1, -0.05) is 12.1 Å². The van der Waals surface area contributed by atoms with Gasteiger partial charge in [-0.3, -0.25) is 0 Å². The number of anilines is 1. The lowest BCUT2D eigenvalue weighted by molar-refractivity contribution is -0.135. The summed E-state index contributed by atoms with van der Waals surface area (Å²) < 4.78 is 11.5. The van der Waals surface area contributed by atoms with Crippen molar-refractivity contribution in [3.8, 4) is 6.07 Å². The molecule has 0 radical (unpaired) electrons. The van der Waals surface area contributed by atoms with Gasteiger partial charge in [-0.2, -0.15) is 5.26 Å². The van der Waals surface area contributed by atoms with Crippen LogP contribution >= 0.6 is 0 Å². The van der Waals surface area contributed by atoms with Crippen LogP contribution in [-0.2, 0) is 9.47 Å². The van der Waals surface area contributed by atoms with Gasteiger partial charge in [0.15, 0.2) is 0 Å². The van der Waals surface area contributed by atoms with E-state index < -0.39 is 0 Å². The molecule has 0 bridgehead atoms. The predicted molar refractivity (Wildman–Crippen MR) is 81.3 cm³/mol. The maximum Gasteiger partial charge on any atom is 0.102 e. The molecule has 112 valence electrons. The minimum Gasteiger partial charge on any atom is -0.381 e. The number of hydrogen-bond acceptors (Lipinski definition) is 4. The van der Waals surface area contributed by atoms with E-state index in [1.165, 1.54) is 0 Å². The van der Waals surface area contributed by atoms with Crippen LogP contribution in [0.15, 0.2) is 18.2 Å². The van der Waals surface area contributed by atoms with Crippen LogP contribution in [-0.4, -0.2) is 31.5 Å². The number of aryl methyl sites for hydroxylation is 1. The van der Waals surface area contributed by atoms with Crippen molar-refractivity contribution in [1.82, 2.24) is 0 Å². The molecule has 2 aliphatic rings. The van der Waals surface area contributed by atoms with E-state index >= 15 is 0 Å². The van der Waals surface area contributed by atoms with E-state index in [0.29, 0.717) is 6.04 Å². The summed E-state index contributed by atoms with van der Waals surface area (Å²) in [5.74, 6) is 0. The Hall–Kier alpha value is -1.57. The molecule has 1 spiro atoms. The Morgan fingerprint density at radius 2 is 2.10 bits per heavy atom. The Bertz CT molecular complexity index is 539. The molecule has 0 aromatic heterocycles. The van der Waals surface area contributed by atoms with Gasteiger partial charge in [0.05, 0.1) is 16.9 Å². The minimum absolute atomic E-state index is 0.0230. The summed E-state index contributed by atoms with van der Waals surface area (Å²) in [5, 5.41) is 12.9. The normalized spacial score (nSPS) is 24.5. The molecule has 1 aromatic rings. The molecule has 4 heteroatoms. The highest BCUT2D eigenvalue weighted by Gasteiger charge is 2.39. The Labute approximate surface area is 126 Å². The average Bonchev–Trinajstić information content (AvgIpc) is 2.48. The second-order valence-corrected chi connectivity index (χ2v) is 6.09. The molecule has 0 aliphatic carbocycles. The molecule has 1 aromatic carbocycles. The molecule has 4 nitrogen and oxygen atoms in total. The van der Waals surface area contributed by atoms with Gasteiger partial charge in [0, 0.05) is 25.9 Å². The molecule has 2 aliphatic heterocycles. The van der Waals surface area contributed by atoms with Crippen LogP contribution < -0.4 is 5.32 Å². The third kappa shape index (κ3) is 3.04.